The van der Waals surface area contributed by atoms with Crippen LogP contribution in [0.2, 0.25) is 0 Å². The zero-order valence-electron chi connectivity index (χ0n) is 5.48. The summed E-state index contributed by atoms with van der Waals surface area (Å²) in [5.41, 5.74) is 0.176. The predicted molar refractivity (Wildman–Crippen MR) is 42.1 cm³/mol. The van der Waals surface area contributed by atoms with E-state index >= 15 is 0 Å². The van der Waals surface area contributed by atoms with E-state index in [1.807, 2.05) is 18.3 Å². The maximum absolute atomic E-state index is 4.14. The molecule has 9 heavy (non-hydrogen) atoms. The van der Waals surface area contributed by atoms with E-state index in [9.17, 15) is 0 Å². The Kier molecular flexibility index (Phi) is 2.10. The van der Waals surface area contributed by atoms with Crippen LogP contribution in [0.25, 0.3) is 0 Å². The van der Waals surface area contributed by atoms with Gasteiger partial charge in [0.05, 0.1) is 6.21 Å². The molecule has 3 nitrogen and oxygen atoms in total. The lowest BCUT2D eigenvalue weighted by Crippen LogP contribution is -2.24. The Morgan fingerprint density at radius 2 is 2.33 bits per heavy atom. The van der Waals surface area contributed by atoms with E-state index in [0.29, 0.717) is 0 Å². The SMILES string of the molecule is CSC1N=CC=NN1C. The van der Waals surface area contributed by atoms with Gasteiger partial charge in [0.2, 0.25) is 0 Å². The smallest absolute Gasteiger partial charge is 0.183 e. The summed E-state index contributed by atoms with van der Waals surface area (Å²) in [5, 5.41) is 5.84. The van der Waals surface area contributed by atoms with Gasteiger partial charge in [-0.15, -0.1) is 11.8 Å². The van der Waals surface area contributed by atoms with Crippen LogP contribution in [-0.2, 0) is 0 Å². The minimum absolute atomic E-state index is 0.176. The summed E-state index contributed by atoms with van der Waals surface area (Å²) < 4.78 is 0. The van der Waals surface area contributed by atoms with Gasteiger partial charge in [-0.05, 0) is 6.26 Å². The van der Waals surface area contributed by atoms with Gasteiger partial charge in [-0.1, -0.05) is 0 Å². The average Bonchev–Trinajstić information content (AvgIpc) is 1.89. The molecule has 0 bridgehead atoms. The Hall–Kier alpha value is -0.510. The highest BCUT2D eigenvalue weighted by Gasteiger charge is 2.08. The quantitative estimate of drug-likeness (QED) is 0.538. The van der Waals surface area contributed by atoms with Gasteiger partial charge in [0.25, 0.3) is 0 Å². The van der Waals surface area contributed by atoms with Crippen LogP contribution in [0.5, 0.6) is 0 Å². The van der Waals surface area contributed by atoms with Crippen LogP contribution in [0, 0.1) is 0 Å². The molecule has 0 saturated carbocycles. The van der Waals surface area contributed by atoms with E-state index in [4.69, 9.17) is 0 Å². The van der Waals surface area contributed by atoms with Crippen LogP contribution in [0.4, 0.5) is 0 Å². The van der Waals surface area contributed by atoms with Gasteiger partial charge >= 0.3 is 0 Å². The summed E-state index contributed by atoms with van der Waals surface area (Å²) in [6.45, 7) is 0. The molecule has 50 valence electrons. The van der Waals surface area contributed by atoms with Gasteiger partial charge in [0.1, 0.15) is 0 Å². The van der Waals surface area contributed by atoms with Crippen molar-refractivity contribution in [3.05, 3.63) is 0 Å². The first-order valence-corrected chi connectivity index (χ1v) is 3.95. The molecule has 4 heteroatoms. The molecule has 1 atom stereocenters. The van der Waals surface area contributed by atoms with E-state index in [2.05, 4.69) is 10.1 Å². The van der Waals surface area contributed by atoms with Gasteiger partial charge in [-0.3, -0.25) is 10.0 Å². The Morgan fingerprint density at radius 3 is 2.78 bits per heavy atom. The molecule has 1 aliphatic heterocycles. The van der Waals surface area contributed by atoms with Crippen molar-refractivity contribution in [2.24, 2.45) is 10.1 Å². The van der Waals surface area contributed by atoms with Crippen molar-refractivity contribution >= 4 is 24.2 Å². The molecule has 0 aromatic carbocycles. The second-order valence-electron chi connectivity index (χ2n) is 1.70. The molecule has 0 aliphatic carbocycles. The first-order chi connectivity index (χ1) is 4.34. The molecule has 0 aromatic rings. The summed E-state index contributed by atoms with van der Waals surface area (Å²) >= 11 is 1.67. The summed E-state index contributed by atoms with van der Waals surface area (Å²) in [4.78, 5) is 4.14. The van der Waals surface area contributed by atoms with Crippen LogP contribution in [-0.4, -0.2) is 36.2 Å². The second kappa shape index (κ2) is 2.87. The fourth-order valence-corrected chi connectivity index (χ4v) is 1.17. The molecular formula is C5H9N3S. The lowest BCUT2D eigenvalue weighted by atomic mass is 10.7. The van der Waals surface area contributed by atoms with Gasteiger partial charge in [-0.2, -0.15) is 5.10 Å². The van der Waals surface area contributed by atoms with Gasteiger partial charge in [-0.25, -0.2) is 0 Å². The highest BCUT2D eigenvalue weighted by atomic mass is 32.2. The normalized spacial score (nSPS) is 25.1. The summed E-state index contributed by atoms with van der Waals surface area (Å²) in [6, 6.07) is 0. The standard InChI is InChI=1S/C5H9N3S/c1-8-5(9-2)6-3-4-7-8/h3-5H,1-2H3. The number of thioether (sulfide) groups is 1. The summed E-state index contributed by atoms with van der Waals surface area (Å²) in [7, 11) is 1.91. The van der Waals surface area contributed by atoms with E-state index in [-0.39, 0.29) is 5.50 Å². The highest BCUT2D eigenvalue weighted by molar-refractivity contribution is 7.99. The topological polar surface area (TPSA) is 28.0 Å². The maximum Gasteiger partial charge on any atom is 0.183 e. The molecule has 0 N–H and O–H groups in total. The minimum Gasteiger partial charge on any atom is -0.266 e. The van der Waals surface area contributed by atoms with Crippen molar-refractivity contribution in [3.8, 4) is 0 Å². The van der Waals surface area contributed by atoms with Crippen LogP contribution in [0.1, 0.15) is 0 Å². The molecule has 0 amide bonds. The fourth-order valence-electron chi connectivity index (χ4n) is 0.614. The van der Waals surface area contributed by atoms with E-state index in [1.165, 1.54) is 0 Å². The van der Waals surface area contributed by atoms with Gasteiger partial charge < -0.3 is 0 Å². The third kappa shape index (κ3) is 1.45. The predicted octanol–water partition coefficient (Wildman–Crippen LogP) is 0.635. The number of hydrazone groups is 1. The molecule has 1 rings (SSSR count). The molecule has 0 aromatic heterocycles. The number of aliphatic imine (C=N–C) groups is 1. The van der Waals surface area contributed by atoms with Crippen LogP contribution >= 0.6 is 11.8 Å². The van der Waals surface area contributed by atoms with Crippen molar-refractivity contribution in [1.29, 1.82) is 0 Å². The first-order valence-electron chi connectivity index (χ1n) is 2.66. The lowest BCUT2D eigenvalue weighted by molar-refractivity contribution is 0.339. The Labute approximate surface area is 58.8 Å². The Morgan fingerprint density at radius 1 is 1.56 bits per heavy atom. The first kappa shape index (κ1) is 6.61. The van der Waals surface area contributed by atoms with E-state index < -0.39 is 0 Å². The van der Waals surface area contributed by atoms with Crippen molar-refractivity contribution in [2.75, 3.05) is 13.3 Å². The molecule has 0 radical (unpaired) electrons. The van der Waals surface area contributed by atoms with Gasteiger partial charge in [0.15, 0.2) is 5.50 Å². The summed E-state index contributed by atoms with van der Waals surface area (Å²) in [5.74, 6) is 0. The van der Waals surface area contributed by atoms with Crippen molar-refractivity contribution in [3.63, 3.8) is 0 Å². The third-order valence-electron chi connectivity index (χ3n) is 1.06. The van der Waals surface area contributed by atoms with Crippen LogP contribution in [0.15, 0.2) is 10.1 Å². The fraction of sp³-hybridized carbons (Fsp3) is 0.600. The summed E-state index contributed by atoms with van der Waals surface area (Å²) in [6.07, 6.45) is 5.42. The van der Waals surface area contributed by atoms with Crippen molar-refractivity contribution in [2.45, 2.75) is 5.50 Å². The maximum atomic E-state index is 4.14. The van der Waals surface area contributed by atoms with E-state index in [1.54, 1.807) is 24.2 Å². The van der Waals surface area contributed by atoms with Crippen molar-refractivity contribution in [1.82, 2.24) is 5.01 Å². The molecule has 1 heterocycles. The molecule has 1 aliphatic rings. The second-order valence-corrected chi connectivity index (χ2v) is 2.59. The van der Waals surface area contributed by atoms with Crippen LogP contribution in [0.3, 0.4) is 0 Å². The van der Waals surface area contributed by atoms with Gasteiger partial charge in [0, 0.05) is 13.3 Å². The number of nitrogens with zero attached hydrogens (tertiary/aromatic N) is 3. The minimum atomic E-state index is 0.176. The number of hydrogen-bond donors (Lipinski definition) is 0. The number of rotatable bonds is 1. The lowest BCUT2D eigenvalue weighted by Gasteiger charge is -2.21. The molecule has 0 fully saturated rings. The zero-order valence-corrected chi connectivity index (χ0v) is 6.30. The number of hydrogen-bond acceptors (Lipinski definition) is 4. The Bertz CT molecular complexity index is 143. The zero-order chi connectivity index (χ0) is 6.69. The Balaban J connectivity index is 2.55. The average molecular weight is 143 g/mol. The highest BCUT2D eigenvalue weighted by Crippen LogP contribution is 2.12. The third-order valence-corrected chi connectivity index (χ3v) is 1.91. The molecule has 0 spiro atoms. The molecular weight excluding hydrogens is 134 g/mol. The van der Waals surface area contributed by atoms with Crippen LogP contribution < -0.4 is 0 Å². The van der Waals surface area contributed by atoms with Crippen molar-refractivity contribution < 1.29 is 0 Å². The largest absolute Gasteiger partial charge is 0.266 e. The molecule has 0 saturated heterocycles. The van der Waals surface area contributed by atoms with E-state index in [0.717, 1.165) is 0 Å². The molecule has 1 unspecified atom stereocenters. The monoisotopic (exact) mass is 143 g/mol.